The molecule has 59 heavy (non-hydrogen) atoms. The van der Waals surface area contributed by atoms with E-state index in [0.717, 1.165) is 77.0 Å². The molecule has 0 spiro atoms. The summed E-state index contributed by atoms with van der Waals surface area (Å²) in [5, 5.41) is 23.6. The summed E-state index contributed by atoms with van der Waals surface area (Å²) in [4.78, 5) is 26.0. The molecule has 3 N–H and O–H groups in total. The molecule has 0 aliphatic carbocycles. The van der Waals surface area contributed by atoms with Crippen LogP contribution in [0.15, 0.2) is 109 Å². The molecule has 0 bridgehead atoms. The molecule has 0 heterocycles. The van der Waals surface area contributed by atoms with Crippen molar-refractivity contribution >= 4 is 11.9 Å². The smallest absolute Gasteiger partial charge is 0.306 e. The molecule has 1 amide bonds. The van der Waals surface area contributed by atoms with Gasteiger partial charge in [0.05, 0.1) is 25.2 Å². The topological polar surface area (TPSA) is 95.9 Å². The maximum Gasteiger partial charge on any atom is 0.306 e. The third-order valence-electron chi connectivity index (χ3n) is 9.97. The monoisotopic (exact) mass is 818 g/mol. The van der Waals surface area contributed by atoms with E-state index in [-0.39, 0.29) is 24.9 Å². The number of ether oxygens (including phenoxy) is 1. The Hall–Kier alpha value is -3.48. The molecule has 3 atom stereocenters. The quantitative estimate of drug-likeness (QED) is 0.0248. The molecule has 0 aromatic heterocycles. The summed E-state index contributed by atoms with van der Waals surface area (Å²) in [5.41, 5.74) is 0. The van der Waals surface area contributed by atoms with Crippen LogP contribution < -0.4 is 5.32 Å². The number of allylic oxidation sites excluding steroid dienone is 17. The maximum absolute atomic E-state index is 13.1. The summed E-state index contributed by atoms with van der Waals surface area (Å²) < 4.78 is 5.83. The van der Waals surface area contributed by atoms with Gasteiger partial charge in [-0.1, -0.05) is 214 Å². The molecule has 0 saturated carbocycles. The van der Waals surface area contributed by atoms with Crippen LogP contribution in [0.4, 0.5) is 0 Å². The lowest BCUT2D eigenvalue weighted by atomic mass is 10.0. The van der Waals surface area contributed by atoms with Crippen molar-refractivity contribution in [2.75, 3.05) is 6.61 Å². The second-order valence-corrected chi connectivity index (χ2v) is 15.6. The van der Waals surface area contributed by atoms with Crippen LogP contribution in [0.3, 0.4) is 0 Å². The zero-order valence-electron chi connectivity index (χ0n) is 37.8. The molecular formula is C53H87NO5. The van der Waals surface area contributed by atoms with Crippen LogP contribution in [0.5, 0.6) is 0 Å². The molecule has 0 aliphatic rings. The van der Waals surface area contributed by atoms with Gasteiger partial charge in [0.1, 0.15) is 6.10 Å². The van der Waals surface area contributed by atoms with Crippen LogP contribution in [0, 0.1) is 0 Å². The van der Waals surface area contributed by atoms with Crippen LogP contribution in [-0.4, -0.2) is 46.9 Å². The fourth-order valence-electron chi connectivity index (χ4n) is 6.37. The second-order valence-electron chi connectivity index (χ2n) is 15.6. The molecule has 0 radical (unpaired) electrons. The van der Waals surface area contributed by atoms with Gasteiger partial charge in [-0.15, -0.1) is 0 Å². The van der Waals surface area contributed by atoms with Crippen molar-refractivity contribution in [3.8, 4) is 0 Å². The first-order chi connectivity index (χ1) is 29.0. The highest BCUT2D eigenvalue weighted by Crippen LogP contribution is 2.15. The van der Waals surface area contributed by atoms with E-state index >= 15 is 0 Å². The average molecular weight is 818 g/mol. The highest BCUT2D eigenvalue weighted by Gasteiger charge is 2.23. The number of unbranched alkanes of at least 4 members (excludes halogenated alkanes) is 15. The Labute approximate surface area is 362 Å². The molecule has 334 valence electrons. The highest BCUT2D eigenvalue weighted by molar-refractivity contribution is 5.77. The summed E-state index contributed by atoms with van der Waals surface area (Å²) in [6, 6.07) is -0.745. The van der Waals surface area contributed by atoms with Gasteiger partial charge in [-0.3, -0.25) is 9.59 Å². The van der Waals surface area contributed by atoms with E-state index in [1.54, 1.807) is 0 Å². The van der Waals surface area contributed by atoms with Gasteiger partial charge in [0.2, 0.25) is 5.91 Å². The third-order valence-corrected chi connectivity index (χ3v) is 9.97. The predicted octanol–water partition coefficient (Wildman–Crippen LogP) is 13.9. The van der Waals surface area contributed by atoms with Gasteiger partial charge in [0.25, 0.3) is 0 Å². The third kappa shape index (κ3) is 41.1. The lowest BCUT2D eigenvalue weighted by Gasteiger charge is -2.24. The Morgan fingerprint density at radius 3 is 1.61 bits per heavy atom. The minimum atomic E-state index is -0.823. The Bertz CT molecular complexity index is 1240. The summed E-state index contributed by atoms with van der Waals surface area (Å²) in [7, 11) is 0. The SMILES string of the molecule is CC/C=C/C=C/C=C\C=C/C=C/CCCCCC(=O)OC(C/C=C\C/C=C\C/C=C\C/C=C\CCCCC)CC(=O)NC(CO)C(O)CCCCCCCCCCCC. The summed E-state index contributed by atoms with van der Waals surface area (Å²) in [5.74, 6) is -0.639. The molecule has 0 aromatic rings. The molecule has 0 aromatic carbocycles. The molecule has 0 fully saturated rings. The van der Waals surface area contributed by atoms with Crippen LogP contribution in [0.2, 0.25) is 0 Å². The second kappa shape index (κ2) is 45.6. The molecule has 3 unspecified atom stereocenters. The van der Waals surface area contributed by atoms with Crippen molar-refractivity contribution in [2.45, 2.75) is 206 Å². The van der Waals surface area contributed by atoms with Crippen LogP contribution in [0.25, 0.3) is 0 Å². The Kier molecular flexibility index (Phi) is 42.9. The van der Waals surface area contributed by atoms with Crippen molar-refractivity contribution in [3.05, 3.63) is 109 Å². The predicted molar refractivity (Wildman–Crippen MR) is 254 cm³/mol. The van der Waals surface area contributed by atoms with Gasteiger partial charge < -0.3 is 20.3 Å². The lowest BCUT2D eigenvalue weighted by molar-refractivity contribution is -0.150. The number of hydrogen-bond donors (Lipinski definition) is 3. The van der Waals surface area contributed by atoms with Gasteiger partial charge in [-0.05, 0) is 64.2 Å². The highest BCUT2D eigenvalue weighted by atomic mass is 16.5. The normalized spacial score (nSPS) is 14.3. The summed E-state index contributed by atoms with van der Waals surface area (Å²) in [6.45, 7) is 6.24. The first kappa shape index (κ1) is 55.5. The van der Waals surface area contributed by atoms with Gasteiger partial charge in [-0.25, -0.2) is 0 Å². The number of amides is 1. The first-order valence-corrected chi connectivity index (χ1v) is 23.7. The Balaban J connectivity index is 4.87. The molecule has 0 aliphatic heterocycles. The van der Waals surface area contributed by atoms with Crippen molar-refractivity contribution in [1.29, 1.82) is 0 Å². The molecular weight excluding hydrogens is 731 g/mol. The van der Waals surface area contributed by atoms with Crippen LogP contribution >= 0.6 is 0 Å². The van der Waals surface area contributed by atoms with E-state index in [9.17, 15) is 19.8 Å². The fourth-order valence-corrected chi connectivity index (χ4v) is 6.37. The van der Waals surface area contributed by atoms with Crippen LogP contribution in [-0.2, 0) is 14.3 Å². The number of aliphatic hydroxyl groups excluding tert-OH is 2. The fraction of sp³-hybridized carbons (Fsp3) is 0.623. The van der Waals surface area contributed by atoms with Gasteiger partial charge in [0.15, 0.2) is 0 Å². The molecule has 6 heteroatoms. The van der Waals surface area contributed by atoms with Crippen LogP contribution in [0.1, 0.15) is 188 Å². The minimum absolute atomic E-state index is 0.0229. The molecule has 6 nitrogen and oxygen atoms in total. The van der Waals surface area contributed by atoms with Gasteiger partial charge in [-0.2, -0.15) is 0 Å². The van der Waals surface area contributed by atoms with Crippen molar-refractivity contribution < 1.29 is 24.5 Å². The minimum Gasteiger partial charge on any atom is -0.461 e. The van der Waals surface area contributed by atoms with Crippen molar-refractivity contribution in [1.82, 2.24) is 5.32 Å². The van der Waals surface area contributed by atoms with Gasteiger partial charge >= 0.3 is 5.97 Å². The number of nitrogens with one attached hydrogen (secondary N) is 1. The van der Waals surface area contributed by atoms with E-state index in [4.69, 9.17) is 4.74 Å². The Morgan fingerprint density at radius 2 is 1.02 bits per heavy atom. The van der Waals surface area contributed by atoms with E-state index in [0.29, 0.717) is 19.3 Å². The first-order valence-electron chi connectivity index (χ1n) is 23.7. The van der Waals surface area contributed by atoms with E-state index in [1.165, 1.54) is 64.2 Å². The number of hydrogen-bond acceptors (Lipinski definition) is 5. The van der Waals surface area contributed by atoms with E-state index < -0.39 is 18.2 Å². The largest absolute Gasteiger partial charge is 0.461 e. The van der Waals surface area contributed by atoms with E-state index in [1.807, 2.05) is 60.8 Å². The molecule has 0 rings (SSSR count). The zero-order chi connectivity index (χ0) is 43.1. The van der Waals surface area contributed by atoms with Crippen molar-refractivity contribution in [2.24, 2.45) is 0 Å². The van der Waals surface area contributed by atoms with Crippen molar-refractivity contribution in [3.63, 3.8) is 0 Å². The average Bonchev–Trinajstić information content (AvgIpc) is 3.23. The van der Waals surface area contributed by atoms with E-state index in [2.05, 4.69) is 74.7 Å². The zero-order valence-corrected chi connectivity index (χ0v) is 37.8. The number of esters is 1. The number of rotatable bonds is 40. The lowest BCUT2D eigenvalue weighted by Crippen LogP contribution is -2.46. The van der Waals surface area contributed by atoms with Gasteiger partial charge in [0, 0.05) is 12.8 Å². The summed E-state index contributed by atoms with van der Waals surface area (Å²) >= 11 is 0. The maximum atomic E-state index is 13.1. The summed E-state index contributed by atoms with van der Waals surface area (Å²) in [6.07, 6.45) is 61.6. The number of aliphatic hydroxyl groups is 2. The number of carbonyl (C=O) groups is 2. The Morgan fingerprint density at radius 1 is 0.542 bits per heavy atom. The number of carbonyl (C=O) groups excluding carboxylic acids is 2. The standard InChI is InChI=1S/C53H87NO5/c1-4-7-10-13-16-19-22-24-26-28-30-32-35-38-41-44-49(59-53(58)46-43-40-37-34-31-29-27-25-23-20-17-14-11-8-5-2)47-52(57)54-50(48-55)51(56)45-42-39-36-33-21-18-15-12-9-6-3/h8,11,14,16-17,19-20,23-27,29-32,38,41,49-51,55-56H,4-7,9-10,12-13,15,18,21-22,28,33-37,39-40,42-48H2,1-3H3,(H,54,57)/b11-8+,17-14+,19-16-,23-20-,26-24-,27-25-,31-29+,32-30-,41-38-. The molecule has 0 saturated heterocycles.